The molecule has 4 aromatic carbocycles. The van der Waals surface area contributed by atoms with Gasteiger partial charge in [-0.3, -0.25) is 4.79 Å². The number of benzene rings is 4. The predicted octanol–water partition coefficient (Wildman–Crippen LogP) is 6.40. The summed E-state index contributed by atoms with van der Waals surface area (Å²) in [6, 6.07) is 45.8. The van der Waals surface area contributed by atoms with Crippen LogP contribution in [0.1, 0.15) is 18.0 Å². The second-order valence-electron chi connectivity index (χ2n) is 11.9. The molecule has 2 aliphatic heterocycles. The van der Waals surface area contributed by atoms with Gasteiger partial charge in [0.1, 0.15) is 15.9 Å². The van der Waals surface area contributed by atoms with Crippen LogP contribution in [0.25, 0.3) is 11.5 Å². The summed E-state index contributed by atoms with van der Waals surface area (Å²) in [7, 11) is -2.55. The highest BCUT2D eigenvalue weighted by atomic mass is 35.5. The van der Waals surface area contributed by atoms with Crippen LogP contribution < -0.4 is 31.8 Å². The summed E-state index contributed by atoms with van der Waals surface area (Å²) < 4.78 is 8.94. The Morgan fingerprint density at radius 2 is 1.29 bits per heavy atom. The van der Waals surface area contributed by atoms with Crippen molar-refractivity contribution in [1.29, 1.82) is 0 Å². The largest absolute Gasteiger partial charge is 0.416 e. The van der Waals surface area contributed by atoms with Crippen LogP contribution in [-0.2, 0) is 6.54 Å². The Morgan fingerprint density at radius 1 is 0.689 bits per heavy atom. The maximum atomic E-state index is 12.8. The fourth-order valence-corrected chi connectivity index (χ4v) is 11.6. The maximum absolute atomic E-state index is 12.8. The molecule has 1 saturated heterocycles. The van der Waals surface area contributed by atoms with Crippen molar-refractivity contribution < 1.29 is 4.42 Å². The molecular formula is C38H32ClN3O2P+. The molecule has 6 aromatic rings. The Kier molecular flexibility index (Phi) is 7.16. The first-order chi connectivity index (χ1) is 22.1. The van der Waals surface area contributed by atoms with Gasteiger partial charge in [0.2, 0.25) is 5.89 Å². The molecule has 222 valence electrons. The first-order valence-corrected chi connectivity index (χ1v) is 17.6. The molecule has 2 aromatic heterocycles. The average Bonchev–Trinajstić information content (AvgIpc) is 3.53. The van der Waals surface area contributed by atoms with E-state index >= 15 is 0 Å². The molecule has 0 aliphatic carbocycles. The Labute approximate surface area is 268 Å². The minimum absolute atomic E-state index is 0.0863. The molecule has 2 aliphatic rings. The molecule has 0 unspecified atom stereocenters. The van der Waals surface area contributed by atoms with Crippen molar-refractivity contribution >= 4 is 46.1 Å². The molecule has 0 amide bonds. The molecule has 2 atom stereocenters. The minimum atomic E-state index is -2.55. The molecule has 7 heteroatoms. The van der Waals surface area contributed by atoms with Gasteiger partial charge in [-0.25, -0.2) is 0 Å². The summed E-state index contributed by atoms with van der Waals surface area (Å²) in [5, 5.41) is 4.32. The highest BCUT2D eigenvalue weighted by Gasteiger charge is 2.54. The van der Waals surface area contributed by atoms with Crippen molar-refractivity contribution in [3.05, 3.63) is 155 Å². The third-order valence-electron chi connectivity index (χ3n) is 9.20. The first kappa shape index (κ1) is 28.1. The van der Waals surface area contributed by atoms with Gasteiger partial charge in [0, 0.05) is 47.9 Å². The molecule has 5 nitrogen and oxygen atoms in total. The van der Waals surface area contributed by atoms with E-state index in [1.54, 1.807) is 6.07 Å². The lowest BCUT2D eigenvalue weighted by Gasteiger charge is -2.42. The zero-order valence-electron chi connectivity index (χ0n) is 24.7. The van der Waals surface area contributed by atoms with E-state index < -0.39 is 7.26 Å². The number of rotatable bonds is 6. The van der Waals surface area contributed by atoms with Crippen LogP contribution in [0.3, 0.4) is 0 Å². The summed E-state index contributed by atoms with van der Waals surface area (Å²) in [5.74, 6) is 1.94. The maximum Gasteiger partial charge on any atom is 0.262 e. The third-order valence-corrected chi connectivity index (χ3v) is 13.6. The number of pyridine rings is 1. The zero-order chi connectivity index (χ0) is 30.4. The molecule has 4 heterocycles. The highest BCUT2D eigenvalue weighted by Crippen LogP contribution is 2.56. The van der Waals surface area contributed by atoms with E-state index in [1.165, 1.54) is 15.9 Å². The van der Waals surface area contributed by atoms with E-state index in [0.29, 0.717) is 23.4 Å². The number of piperidine rings is 1. The van der Waals surface area contributed by atoms with Crippen molar-refractivity contribution in [3.63, 3.8) is 0 Å². The molecule has 0 N–H and O–H groups in total. The lowest BCUT2D eigenvalue weighted by Crippen LogP contribution is -2.49. The van der Waals surface area contributed by atoms with Gasteiger partial charge in [-0.15, -0.1) is 0 Å². The third kappa shape index (κ3) is 4.82. The molecule has 2 bridgehead atoms. The van der Waals surface area contributed by atoms with Crippen LogP contribution in [0, 0.1) is 5.92 Å². The smallest absolute Gasteiger partial charge is 0.262 e. The normalized spacial score (nSPS) is 17.6. The Balaban J connectivity index is 1.39. The molecular weight excluding hydrogens is 597 g/mol. The standard InChI is InChI=1S/C38H32ClN3O2P/c39-30-21-19-28(20-22-30)36-40-37(38(44-36)41-24-27-23-29(26-41)34-17-10-18-35(43)42(34)25-27)45(31-11-4-1-5-12-31,32-13-6-2-7-14-32)33-15-8-3-9-16-33/h1-22,27,29H,23-26H2/q+1/t27-,29-/m0/s1. The van der Waals surface area contributed by atoms with Crippen molar-refractivity contribution in [2.45, 2.75) is 18.9 Å². The molecule has 45 heavy (non-hydrogen) atoms. The summed E-state index contributed by atoms with van der Waals surface area (Å²) >= 11 is 6.30. The van der Waals surface area contributed by atoms with Gasteiger partial charge in [0.05, 0.1) is 0 Å². The average molecular weight is 629 g/mol. The van der Waals surface area contributed by atoms with E-state index in [-0.39, 0.29) is 11.5 Å². The van der Waals surface area contributed by atoms with E-state index in [2.05, 4.69) is 102 Å². The molecule has 0 radical (unpaired) electrons. The van der Waals surface area contributed by atoms with Crippen molar-refractivity contribution in [2.24, 2.45) is 5.92 Å². The Hall–Kier alpha value is -4.44. The number of hydrogen-bond acceptors (Lipinski definition) is 4. The van der Waals surface area contributed by atoms with Crippen LogP contribution in [0.2, 0.25) is 5.02 Å². The lowest BCUT2D eigenvalue weighted by atomic mass is 9.83. The first-order valence-electron chi connectivity index (χ1n) is 15.4. The van der Waals surface area contributed by atoms with Crippen LogP contribution in [-0.4, -0.2) is 22.6 Å². The number of halogens is 1. The topological polar surface area (TPSA) is 51.3 Å². The predicted molar refractivity (Wildman–Crippen MR) is 185 cm³/mol. The number of hydrogen-bond donors (Lipinski definition) is 0. The SMILES string of the molecule is O=c1cccc2n1C[C@H]1C[C@H]2CN(c2oc(-c3ccc(Cl)cc3)nc2[P+](c2ccccc2)(c2ccccc2)c2ccccc2)C1. The van der Waals surface area contributed by atoms with Crippen LogP contribution in [0.15, 0.2) is 143 Å². The van der Waals surface area contributed by atoms with Gasteiger partial charge >= 0.3 is 0 Å². The molecule has 0 spiro atoms. The van der Waals surface area contributed by atoms with Gasteiger partial charge in [-0.05, 0) is 79.1 Å². The van der Waals surface area contributed by atoms with Crippen molar-refractivity contribution in [3.8, 4) is 11.5 Å². The van der Waals surface area contributed by atoms with E-state index in [4.69, 9.17) is 21.0 Å². The second-order valence-corrected chi connectivity index (χ2v) is 15.7. The zero-order valence-corrected chi connectivity index (χ0v) is 26.3. The lowest BCUT2D eigenvalue weighted by molar-refractivity contribution is 0.275. The van der Waals surface area contributed by atoms with Crippen LogP contribution in [0.5, 0.6) is 0 Å². The fraction of sp³-hybridized carbons (Fsp3) is 0.158. The summed E-state index contributed by atoms with van der Waals surface area (Å²) in [5.41, 5.74) is 3.04. The van der Waals surface area contributed by atoms with Gasteiger partial charge in [0.15, 0.2) is 7.26 Å². The van der Waals surface area contributed by atoms with Gasteiger partial charge in [0.25, 0.3) is 16.9 Å². The summed E-state index contributed by atoms with van der Waals surface area (Å²) in [4.78, 5) is 20.7. The molecule has 1 fully saturated rings. The quantitative estimate of drug-likeness (QED) is 0.200. The Bertz CT molecular complexity index is 1910. The number of nitrogens with zero attached hydrogens (tertiary/aromatic N) is 3. The van der Waals surface area contributed by atoms with Crippen LogP contribution in [0.4, 0.5) is 5.88 Å². The number of aromatic nitrogens is 2. The number of fused-ring (bicyclic) bond motifs is 4. The van der Waals surface area contributed by atoms with E-state index in [0.717, 1.165) is 42.1 Å². The van der Waals surface area contributed by atoms with Crippen molar-refractivity contribution in [2.75, 3.05) is 18.0 Å². The highest BCUT2D eigenvalue weighted by molar-refractivity contribution is 8.01. The molecule has 8 rings (SSSR count). The summed E-state index contributed by atoms with van der Waals surface area (Å²) in [6.45, 7) is 2.25. The molecule has 0 saturated carbocycles. The van der Waals surface area contributed by atoms with Gasteiger partial charge in [-0.2, -0.15) is 4.98 Å². The van der Waals surface area contributed by atoms with E-state index in [9.17, 15) is 4.79 Å². The monoisotopic (exact) mass is 628 g/mol. The van der Waals surface area contributed by atoms with E-state index in [1.807, 2.05) is 34.9 Å². The number of anilines is 1. The van der Waals surface area contributed by atoms with Gasteiger partial charge < -0.3 is 13.9 Å². The number of oxazole rings is 1. The van der Waals surface area contributed by atoms with Crippen molar-refractivity contribution in [1.82, 2.24) is 9.55 Å². The fourth-order valence-electron chi connectivity index (χ4n) is 7.28. The summed E-state index contributed by atoms with van der Waals surface area (Å²) in [6.07, 6.45) is 1.06. The minimum Gasteiger partial charge on any atom is -0.416 e. The Morgan fingerprint density at radius 3 is 1.89 bits per heavy atom. The second kappa shape index (κ2) is 11.5. The van der Waals surface area contributed by atoms with Crippen LogP contribution >= 0.6 is 18.9 Å². The van der Waals surface area contributed by atoms with Gasteiger partial charge in [-0.1, -0.05) is 72.3 Å².